The fraction of sp³-hybridized carbons (Fsp3) is 0.250. The molecule has 0 radical (unpaired) electrons. The maximum absolute atomic E-state index is 12.5. The highest BCUT2D eigenvalue weighted by molar-refractivity contribution is 7.89. The van der Waals surface area contributed by atoms with Crippen LogP contribution in [0.1, 0.15) is 37.0 Å². The predicted molar refractivity (Wildman–Crippen MR) is 132 cm³/mol. The average Bonchev–Trinajstić information content (AvgIpc) is 3.15. The molecule has 0 saturated carbocycles. The van der Waals surface area contributed by atoms with Crippen molar-refractivity contribution < 1.29 is 17.9 Å². The van der Waals surface area contributed by atoms with Gasteiger partial charge in [-0.15, -0.1) is 11.3 Å². The van der Waals surface area contributed by atoms with Crippen LogP contribution >= 0.6 is 11.3 Å². The van der Waals surface area contributed by atoms with Crippen LogP contribution in [0.25, 0.3) is 6.08 Å². The zero-order valence-corrected chi connectivity index (χ0v) is 20.6. The average molecular weight is 486 g/mol. The van der Waals surface area contributed by atoms with Crippen LogP contribution in [-0.4, -0.2) is 24.8 Å². The molecule has 1 aromatic heterocycles. The third-order valence-corrected chi connectivity index (χ3v) is 6.77. The van der Waals surface area contributed by atoms with Gasteiger partial charge in [0, 0.05) is 22.7 Å². The number of thiazole rings is 1. The van der Waals surface area contributed by atoms with Gasteiger partial charge in [-0.2, -0.15) is 0 Å². The molecule has 3 rings (SSSR count). The van der Waals surface area contributed by atoms with E-state index in [2.05, 4.69) is 15.0 Å². The molecule has 0 aliphatic carbocycles. The first-order chi connectivity index (χ1) is 15.5. The number of amides is 1. The number of aromatic nitrogens is 1. The van der Waals surface area contributed by atoms with E-state index in [0.717, 1.165) is 16.3 Å². The molecule has 33 heavy (non-hydrogen) atoms. The molecule has 174 valence electrons. The van der Waals surface area contributed by atoms with Crippen molar-refractivity contribution in [3.63, 3.8) is 0 Å². The van der Waals surface area contributed by atoms with Gasteiger partial charge < -0.3 is 10.1 Å². The van der Waals surface area contributed by atoms with E-state index in [-0.39, 0.29) is 10.8 Å². The highest BCUT2D eigenvalue weighted by Gasteiger charge is 2.22. The summed E-state index contributed by atoms with van der Waals surface area (Å²) in [5.74, 6) is 0.296. The minimum atomic E-state index is -3.70. The third kappa shape index (κ3) is 7.81. The minimum absolute atomic E-state index is 0.0827. The molecule has 0 aliphatic heterocycles. The molecular formula is C24H27N3O4S2. The van der Waals surface area contributed by atoms with E-state index in [1.165, 1.54) is 18.2 Å². The lowest BCUT2D eigenvalue weighted by atomic mass is 10.1. The molecule has 0 unspecified atom stereocenters. The van der Waals surface area contributed by atoms with Crippen LogP contribution in [0.15, 0.2) is 64.9 Å². The normalized spacial score (nSPS) is 12.1. The number of ether oxygens (including phenoxy) is 1. The smallest absolute Gasteiger partial charge is 0.248 e. The Bertz CT molecular complexity index is 1260. The van der Waals surface area contributed by atoms with Gasteiger partial charge in [0.2, 0.25) is 15.9 Å². The maximum Gasteiger partial charge on any atom is 0.248 e. The van der Waals surface area contributed by atoms with Gasteiger partial charge in [0.1, 0.15) is 12.4 Å². The number of hydrogen-bond donors (Lipinski definition) is 2. The summed E-state index contributed by atoms with van der Waals surface area (Å²) in [6, 6.07) is 13.5. The summed E-state index contributed by atoms with van der Waals surface area (Å²) in [7, 11) is -3.70. The lowest BCUT2D eigenvalue weighted by Crippen LogP contribution is -2.40. The van der Waals surface area contributed by atoms with Crippen LogP contribution < -0.4 is 14.8 Å². The molecule has 0 saturated heterocycles. The van der Waals surface area contributed by atoms with Crippen molar-refractivity contribution in [1.29, 1.82) is 0 Å². The van der Waals surface area contributed by atoms with Gasteiger partial charge in [0.15, 0.2) is 0 Å². The first-order valence-electron chi connectivity index (χ1n) is 10.3. The van der Waals surface area contributed by atoms with Crippen molar-refractivity contribution in [3.05, 3.63) is 76.3 Å². The van der Waals surface area contributed by atoms with Gasteiger partial charge >= 0.3 is 0 Å². The van der Waals surface area contributed by atoms with Gasteiger partial charge in [-0.1, -0.05) is 18.2 Å². The zero-order chi connectivity index (χ0) is 24.1. The Hall–Kier alpha value is -3.01. The fourth-order valence-corrected chi connectivity index (χ4v) is 4.96. The van der Waals surface area contributed by atoms with E-state index in [1.54, 1.807) is 50.3 Å². The van der Waals surface area contributed by atoms with Crippen molar-refractivity contribution in [2.45, 2.75) is 44.7 Å². The molecule has 3 aromatic rings. The van der Waals surface area contributed by atoms with E-state index in [4.69, 9.17) is 4.74 Å². The van der Waals surface area contributed by atoms with Crippen LogP contribution in [0.5, 0.6) is 5.75 Å². The van der Waals surface area contributed by atoms with Crippen molar-refractivity contribution in [2.75, 3.05) is 5.32 Å². The summed E-state index contributed by atoms with van der Waals surface area (Å²) >= 11 is 1.58. The van der Waals surface area contributed by atoms with E-state index in [0.29, 0.717) is 18.0 Å². The molecule has 0 atom stereocenters. The first kappa shape index (κ1) is 24.6. The molecule has 2 aromatic carbocycles. The molecule has 0 bridgehead atoms. The van der Waals surface area contributed by atoms with Gasteiger partial charge in [0.25, 0.3) is 0 Å². The topological polar surface area (TPSA) is 97.4 Å². The standard InChI is InChI=1S/C24H27N3O4S2/c1-17-25-20(16-32-17)15-31-21-9-5-7-18(13-21)11-12-23(28)26-19-8-6-10-22(14-19)33(29,30)27-24(2,3)4/h5-14,16,27H,15H2,1-4H3,(H,26,28)/b12-11+. The quantitative estimate of drug-likeness (QED) is 0.449. The number of anilines is 1. The van der Waals surface area contributed by atoms with Gasteiger partial charge in [0.05, 0.1) is 15.6 Å². The second-order valence-electron chi connectivity index (χ2n) is 8.42. The van der Waals surface area contributed by atoms with Gasteiger partial charge in [-0.05, 0) is 69.7 Å². The van der Waals surface area contributed by atoms with E-state index in [1.807, 2.05) is 36.6 Å². The van der Waals surface area contributed by atoms with Crippen molar-refractivity contribution in [3.8, 4) is 5.75 Å². The molecule has 1 amide bonds. The van der Waals surface area contributed by atoms with Crippen molar-refractivity contribution in [2.24, 2.45) is 0 Å². The number of carbonyl (C=O) groups is 1. The van der Waals surface area contributed by atoms with E-state index < -0.39 is 15.6 Å². The molecule has 7 nitrogen and oxygen atoms in total. The monoisotopic (exact) mass is 485 g/mol. The highest BCUT2D eigenvalue weighted by Crippen LogP contribution is 2.19. The lowest BCUT2D eigenvalue weighted by molar-refractivity contribution is -0.111. The SMILES string of the molecule is Cc1nc(COc2cccc(/C=C/C(=O)Nc3cccc(S(=O)(=O)NC(C)(C)C)c3)c2)cs1. The number of sulfonamides is 1. The number of aryl methyl sites for hydroxylation is 1. The molecule has 0 fully saturated rings. The van der Waals surface area contributed by atoms with Crippen LogP contribution in [0.2, 0.25) is 0 Å². The highest BCUT2D eigenvalue weighted by atomic mass is 32.2. The number of hydrogen-bond acceptors (Lipinski definition) is 6. The Morgan fingerprint density at radius 3 is 2.61 bits per heavy atom. The van der Waals surface area contributed by atoms with Crippen molar-refractivity contribution >= 4 is 39.0 Å². The van der Waals surface area contributed by atoms with E-state index >= 15 is 0 Å². The van der Waals surface area contributed by atoms with E-state index in [9.17, 15) is 13.2 Å². The third-order valence-electron chi connectivity index (χ3n) is 4.19. The predicted octanol–water partition coefficient (Wildman–Crippen LogP) is 4.76. The summed E-state index contributed by atoms with van der Waals surface area (Å²) in [6.07, 6.45) is 3.05. The molecule has 9 heteroatoms. The number of nitrogens with one attached hydrogen (secondary N) is 2. The Morgan fingerprint density at radius 1 is 1.15 bits per heavy atom. The van der Waals surface area contributed by atoms with Gasteiger partial charge in [-0.3, -0.25) is 4.79 Å². The van der Waals surface area contributed by atoms with Crippen molar-refractivity contribution in [1.82, 2.24) is 9.71 Å². The number of rotatable bonds is 8. The lowest BCUT2D eigenvalue weighted by Gasteiger charge is -2.20. The summed E-state index contributed by atoms with van der Waals surface area (Å²) in [5.41, 5.74) is 1.44. The molecular weight excluding hydrogens is 458 g/mol. The second-order valence-corrected chi connectivity index (χ2v) is 11.2. The molecule has 0 spiro atoms. The Labute approximate surface area is 198 Å². The second kappa shape index (κ2) is 10.3. The molecule has 1 heterocycles. The summed E-state index contributed by atoms with van der Waals surface area (Å²) in [6.45, 7) is 7.62. The zero-order valence-electron chi connectivity index (χ0n) is 19.0. The maximum atomic E-state index is 12.5. The van der Waals surface area contributed by atoms with Crippen LogP contribution in [-0.2, 0) is 21.4 Å². The van der Waals surface area contributed by atoms with Crippen LogP contribution in [0.4, 0.5) is 5.69 Å². The largest absolute Gasteiger partial charge is 0.487 e. The Morgan fingerprint density at radius 2 is 1.91 bits per heavy atom. The fourth-order valence-electron chi connectivity index (χ4n) is 2.90. The summed E-state index contributed by atoms with van der Waals surface area (Å²) in [4.78, 5) is 16.8. The Kier molecular flexibility index (Phi) is 7.68. The summed E-state index contributed by atoms with van der Waals surface area (Å²) in [5, 5.41) is 5.65. The summed E-state index contributed by atoms with van der Waals surface area (Å²) < 4.78 is 33.4. The van der Waals surface area contributed by atoms with Gasteiger partial charge in [-0.25, -0.2) is 18.1 Å². The van der Waals surface area contributed by atoms with Crippen LogP contribution in [0, 0.1) is 6.92 Å². The van der Waals surface area contributed by atoms with Crippen LogP contribution in [0.3, 0.4) is 0 Å². The molecule has 0 aliphatic rings. The first-order valence-corrected chi connectivity index (χ1v) is 12.6. The Balaban J connectivity index is 1.62. The molecule has 2 N–H and O–H groups in total. The number of nitrogens with zero attached hydrogens (tertiary/aromatic N) is 1. The minimum Gasteiger partial charge on any atom is -0.487 e. The number of benzene rings is 2. The number of carbonyl (C=O) groups excluding carboxylic acids is 1.